The number of hydrogen-bond acceptors (Lipinski definition) is 6. The standard InChI is InChI=1S/C19H25N2O7P/c1-19(28-29(25,26)27,11-10-13-2-4-15(5-3-13)18(20)24)21-12-17(23)14-6-8-16(22)9-7-14/h2-9,17,21-23H,10-12H2,1H3,(H2,20,24)(H2,25,26,27)/t17?,19-/m1/s1. The van der Waals surface area contributed by atoms with Gasteiger partial charge in [0.1, 0.15) is 11.5 Å². The summed E-state index contributed by atoms with van der Waals surface area (Å²) in [6.45, 7) is 1.44. The van der Waals surface area contributed by atoms with Gasteiger partial charge in [-0.15, -0.1) is 0 Å². The van der Waals surface area contributed by atoms with Crippen LogP contribution in [0.25, 0.3) is 0 Å². The topological polar surface area (TPSA) is 162 Å². The van der Waals surface area contributed by atoms with Crippen molar-refractivity contribution in [2.45, 2.75) is 31.6 Å². The van der Waals surface area contributed by atoms with Gasteiger partial charge < -0.3 is 25.7 Å². The van der Waals surface area contributed by atoms with Gasteiger partial charge in [0.15, 0.2) is 0 Å². The lowest BCUT2D eigenvalue weighted by molar-refractivity contribution is 0.00221. The number of phenols is 1. The Hall–Kier alpha value is -2.26. The Balaban J connectivity index is 2.05. The van der Waals surface area contributed by atoms with E-state index in [2.05, 4.69) is 5.32 Å². The summed E-state index contributed by atoms with van der Waals surface area (Å²) in [5, 5.41) is 22.5. The summed E-state index contributed by atoms with van der Waals surface area (Å²) in [5.74, 6) is -0.484. The minimum Gasteiger partial charge on any atom is -0.508 e. The van der Waals surface area contributed by atoms with Gasteiger partial charge in [-0.2, -0.15) is 0 Å². The molecule has 1 unspecified atom stereocenters. The van der Waals surface area contributed by atoms with E-state index in [9.17, 15) is 29.4 Å². The van der Waals surface area contributed by atoms with Gasteiger partial charge in [0.2, 0.25) is 5.91 Å². The second-order valence-electron chi connectivity index (χ2n) is 6.86. The van der Waals surface area contributed by atoms with Gasteiger partial charge in [-0.1, -0.05) is 24.3 Å². The maximum Gasteiger partial charge on any atom is 0.471 e. The molecule has 0 radical (unpaired) electrons. The Kier molecular flexibility index (Phi) is 7.54. The maximum absolute atomic E-state index is 11.4. The van der Waals surface area contributed by atoms with Crippen molar-refractivity contribution in [1.82, 2.24) is 5.32 Å². The molecule has 2 rings (SSSR count). The number of amides is 1. The van der Waals surface area contributed by atoms with Crippen LogP contribution in [0.5, 0.6) is 5.75 Å². The minimum absolute atomic E-state index is 0.0398. The molecule has 1 amide bonds. The van der Waals surface area contributed by atoms with Crippen molar-refractivity contribution in [3.8, 4) is 5.75 Å². The second kappa shape index (κ2) is 9.49. The first kappa shape index (κ1) is 23.0. The largest absolute Gasteiger partial charge is 0.508 e. The van der Waals surface area contributed by atoms with E-state index in [0.29, 0.717) is 17.5 Å². The van der Waals surface area contributed by atoms with Crippen LogP contribution >= 0.6 is 7.82 Å². The number of aliphatic hydroxyl groups is 1. The van der Waals surface area contributed by atoms with Gasteiger partial charge in [0.25, 0.3) is 0 Å². The predicted molar refractivity (Wildman–Crippen MR) is 106 cm³/mol. The van der Waals surface area contributed by atoms with Gasteiger partial charge in [-0.25, -0.2) is 4.57 Å². The first-order chi connectivity index (χ1) is 13.5. The van der Waals surface area contributed by atoms with Gasteiger partial charge in [-0.05, 0) is 55.2 Å². The lowest BCUT2D eigenvalue weighted by Gasteiger charge is -2.32. The number of nitrogens with two attached hydrogens (primary N) is 1. The summed E-state index contributed by atoms with van der Waals surface area (Å²) in [6.07, 6.45) is -0.418. The van der Waals surface area contributed by atoms with E-state index in [-0.39, 0.29) is 18.7 Å². The average molecular weight is 424 g/mol. The summed E-state index contributed by atoms with van der Waals surface area (Å²) in [7, 11) is -4.81. The molecule has 0 spiro atoms. The van der Waals surface area contributed by atoms with Crippen LogP contribution < -0.4 is 11.1 Å². The molecule has 9 nitrogen and oxygen atoms in total. The zero-order chi connectivity index (χ0) is 21.7. The number of nitrogens with one attached hydrogen (secondary N) is 1. The van der Waals surface area contributed by atoms with E-state index in [0.717, 1.165) is 5.56 Å². The van der Waals surface area contributed by atoms with Gasteiger partial charge >= 0.3 is 7.82 Å². The molecule has 10 heteroatoms. The fourth-order valence-electron chi connectivity index (χ4n) is 2.77. The number of primary amides is 1. The quantitative estimate of drug-likeness (QED) is 0.247. The number of phosphoric acid groups is 1. The van der Waals surface area contributed by atoms with Crippen molar-refractivity contribution >= 4 is 13.7 Å². The van der Waals surface area contributed by atoms with Crippen molar-refractivity contribution in [3.63, 3.8) is 0 Å². The number of benzene rings is 2. The van der Waals surface area contributed by atoms with Crippen LogP contribution in [-0.2, 0) is 15.5 Å². The van der Waals surface area contributed by atoms with Crippen molar-refractivity contribution in [3.05, 3.63) is 65.2 Å². The Morgan fingerprint density at radius 1 is 1.17 bits per heavy atom. The summed E-state index contributed by atoms with van der Waals surface area (Å²) in [5.41, 5.74) is 5.48. The smallest absolute Gasteiger partial charge is 0.471 e. The number of aryl methyl sites for hydroxylation is 1. The average Bonchev–Trinajstić information content (AvgIpc) is 2.64. The SMILES string of the molecule is C[C@@](CCc1ccc(C(N)=O)cc1)(NCC(O)c1ccc(O)cc1)OP(=O)(O)O. The van der Waals surface area contributed by atoms with Crippen LogP contribution in [0, 0.1) is 0 Å². The van der Waals surface area contributed by atoms with E-state index in [1.54, 1.807) is 36.4 Å². The fourth-order valence-corrected chi connectivity index (χ4v) is 3.45. The Morgan fingerprint density at radius 2 is 1.76 bits per heavy atom. The van der Waals surface area contributed by atoms with Crippen LogP contribution in [0.3, 0.4) is 0 Å². The van der Waals surface area contributed by atoms with Crippen LogP contribution in [-0.4, -0.2) is 38.2 Å². The molecular formula is C19H25N2O7P. The third kappa shape index (κ3) is 7.58. The molecule has 0 heterocycles. The molecule has 0 bridgehead atoms. The first-order valence-electron chi connectivity index (χ1n) is 8.84. The highest BCUT2D eigenvalue weighted by Gasteiger charge is 2.33. The molecule has 0 aliphatic rings. The van der Waals surface area contributed by atoms with E-state index in [4.69, 9.17) is 10.3 Å². The highest BCUT2D eigenvalue weighted by molar-refractivity contribution is 7.46. The number of aliphatic hydroxyl groups excluding tert-OH is 1. The summed E-state index contributed by atoms with van der Waals surface area (Å²) in [4.78, 5) is 29.7. The van der Waals surface area contributed by atoms with E-state index in [1.165, 1.54) is 19.1 Å². The number of phosphoric ester groups is 1. The Morgan fingerprint density at radius 3 is 2.28 bits per heavy atom. The monoisotopic (exact) mass is 424 g/mol. The molecule has 29 heavy (non-hydrogen) atoms. The molecule has 158 valence electrons. The molecule has 7 N–H and O–H groups in total. The minimum atomic E-state index is -4.81. The van der Waals surface area contributed by atoms with Crippen LogP contribution in [0.15, 0.2) is 48.5 Å². The van der Waals surface area contributed by atoms with Crippen molar-refractivity contribution < 1.29 is 33.9 Å². The molecule has 2 aromatic carbocycles. The van der Waals surface area contributed by atoms with E-state index >= 15 is 0 Å². The summed E-state index contributed by atoms with van der Waals surface area (Å²) < 4.78 is 16.4. The Bertz CT molecular complexity index is 867. The fraction of sp³-hybridized carbons (Fsp3) is 0.316. The van der Waals surface area contributed by atoms with Gasteiger partial charge in [-0.3, -0.25) is 14.6 Å². The van der Waals surface area contributed by atoms with Gasteiger partial charge in [0.05, 0.1) is 6.10 Å². The van der Waals surface area contributed by atoms with Gasteiger partial charge in [0, 0.05) is 12.1 Å². The van der Waals surface area contributed by atoms with Crippen LogP contribution in [0.1, 0.15) is 40.9 Å². The predicted octanol–water partition coefficient (Wildman–Crippen LogP) is 1.57. The molecular weight excluding hydrogens is 399 g/mol. The van der Waals surface area contributed by atoms with E-state index < -0.39 is 25.6 Å². The molecule has 2 aromatic rings. The number of carbonyl (C=O) groups is 1. The van der Waals surface area contributed by atoms with Crippen molar-refractivity contribution in [2.24, 2.45) is 5.73 Å². The van der Waals surface area contributed by atoms with Crippen molar-refractivity contribution in [2.75, 3.05) is 6.54 Å². The number of phenolic OH excluding ortho intramolecular Hbond substituents is 1. The molecule has 0 saturated heterocycles. The van der Waals surface area contributed by atoms with Crippen LogP contribution in [0.2, 0.25) is 0 Å². The zero-order valence-electron chi connectivity index (χ0n) is 15.9. The maximum atomic E-state index is 11.4. The lowest BCUT2D eigenvalue weighted by atomic mass is 10.0. The third-order valence-corrected chi connectivity index (χ3v) is 5.04. The summed E-state index contributed by atoms with van der Waals surface area (Å²) >= 11 is 0. The molecule has 0 aromatic heterocycles. The molecule has 2 atom stereocenters. The number of rotatable bonds is 10. The van der Waals surface area contributed by atoms with Crippen LogP contribution in [0.4, 0.5) is 0 Å². The number of carbonyl (C=O) groups excluding carboxylic acids is 1. The number of hydrogen-bond donors (Lipinski definition) is 6. The lowest BCUT2D eigenvalue weighted by Crippen LogP contribution is -2.46. The molecule has 0 aliphatic heterocycles. The summed E-state index contributed by atoms with van der Waals surface area (Å²) in [6, 6.07) is 12.5. The van der Waals surface area contributed by atoms with Crippen molar-refractivity contribution in [1.29, 1.82) is 0 Å². The highest BCUT2D eigenvalue weighted by Crippen LogP contribution is 2.42. The third-order valence-electron chi connectivity index (χ3n) is 4.40. The highest BCUT2D eigenvalue weighted by atomic mass is 31.2. The molecule has 0 aliphatic carbocycles. The van der Waals surface area contributed by atoms with E-state index in [1.807, 2.05) is 0 Å². The number of aromatic hydroxyl groups is 1. The Labute approximate surface area is 168 Å². The first-order valence-corrected chi connectivity index (χ1v) is 10.4. The molecule has 0 fully saturated rings. The second-order valence-corrected chi connectivity index (χ2v) is 8.03. The molecule has 0 saturated carbocycles. The zero-order valence-corrected chi connectivity index (χ0v) is 16.8. The normalized spacial score (nSPS) is 14.9.